The minimum atomic E-state index is -0.684. The van der Waals surface area contributed by atoms with Gasteiger partial charge < -0.3 is 10.0 Å². The third-order valence-corrected chi connectivity index (χ3v) is 3.35. The monoisotopic (exact) mass is 228 g/mol. The Kier molecular flexibility index (Phi) is 5.77. The molecular formula is C12H24N2O2. The highest BCUT2D eigenvalue weighted by Crippen LogP contribution is 2.10. The van der Waals surface area contributed by atoms with Gasteiger partial charge in [-0.3, -0.25) is 9.69 Å². The van der Waals surface area contributed by atoms with Crippen molar-refractivity contribution >= 4 is 5.97 Å². The van der Waals surface area contributed by atoms with E-state index in [0.29, 0.717) is 6.04 Å². The molecule has 1 heterocycles. The van der Waals surface area contributed by atoms with Gasteiger partial charge in [-0.15, -0.1) is 0 Å². The lowest BCUT2D eigenvalue weighted by atomic mass is 10.1. The van der Waals surface area contributed by atoms with Crippen molar-refractivity contribution in [1.82, 2.24) is 9.80 Å². The summed E-state index contributed by atoms with van der Waals surface area (Å²) in [4.78, 5) is 15.4. The van der Waals surface area contributed by atoms with Crippen LogP contribution in [0.5, 0.6) is 0 Å². The third kappa shape index (κ3) is 4.49. The summed E-state index contributed by atoms with van der Waals surface area (Å²) in [6.45, 7) is 9.97. The second-order valence-corrected chi connectivity index (χ2v) is 4.66. The van der Waals surface area contributed by atoms with Crippen molar-refractivity contribution in [2.24, 2.45) is 0 Å². The molecule has 0 bridgehead atoms. The van der Waals surface area contributed by atoms with Gasteiger partial charge in [-0.1, -0.05) is 6.92 Å². The average molecular weight is 228 g/mol. The van der Waals surface area contributed by atoms with Crippen LogP contribution in [-0.2, 0) is 4.79 Å². The van der Waals surface area contributed by atoms with Gasteiger partial charge in [0.2, 0.25) is 0 Å². The predicted octanol–water partition coefficient (Wildman–Crippen LogP) is 1.27. The summed E-state index contributed by atoms with van der Waals surface area (Å²) in [6, 6.07) is 0.403. The molecule has 0 aromatic carbocycles. The number of nitrogens with zero attached hydrogens (tertiary/aromatic N) is 2. The van der Waals surface area contributed by atoms with Crippen LogP contribution in [0.1, 0.15) is 33.1 Å². The van der Waals surface area contributed by atoms with Crippen molar-refractivity contribution in [3.05, 3.63) is 0 Å². The Balaban J connectivity index is 2.21. The molecule has 0 radical (unpaired) electrons. The van der Waals surface area contributed by atoms with Crippen molar-refractivity contribution in [3.8, 4) is 0 Å². The zero-order valence-electron chi connectivity index (χ0n) is 10.5. The molecule has 0 aliphatic carbocycles. The van der Waals surface area contributed by atoms with E-state index in [0.717, 1.165) is 32.6 Å². The van der Waals surface area contributed by atoms with E-state index < -0.39 is 5.97 Å². The summed E-state index contributed by atoms with van der Waals surface area (Å²) in [6.07, 6.45) is 2.27. The molecule has 94 valence electrons. The lowest BCUT2D eigenvalue weighted by Gasteiger charge is -2.37. The topological polar surface area (TPSA) is 43.8 Å². The first kappa shape index (κ1) is 13.5. The smallest absolute Gasteiger partial charge is 0.303 e. The summed E-state index contributed by atoms with van der Waals surface area (Å²) in [5.74, 6) is -0.684. The number of hydrogen-bond donors (Lipinski definition) is 1. The first-order valence-electron chi connectivity index (χ1n) is 6.31. The maximum Gasteiger partial charge on any atom is 0.303 e. The molecule has 1 unspecified atom stereocenters. The molecule has 1 aliphatic rings. The lowest BCUT2D eigenvalue weighted by molar-refractivity contribution is -0.137. The van der Waals surface area contributed by atoms with Crippen LogP contribution in [0.4, 0.5) is 0 Å². The van der Waals surface area contributed by atoms with E-state index >= 15 is 0 Å². The van der Waals surface area contributed by atoms with Crippen molar-refractivity contribution in [3.63, 3.8) is 0 Å². The molecule has 1 saturated heterocycles. The Morgan fingerprint density at radius 3 is 2.44 bits per heavy atom. The molecule has 1 atom stereocenters. The highest BCUT2D eigenvalue weighted by atomic mass is 16.4. The molecule has 0 amide bonds. The minimum absolute atomic E-state index is 0.288. The van der Waals surface area contributed by atoms with E-state index in [4.69, 9.17) is 5.11 Å². The summed E-state index contributed by atoms with van der Waals surface area (Å²) in [5.41, 5.74) is 0. The third-order valence-electron chi connectivity index (χ3n) is 3.35. The van der Waals surface area contributed by atoms with Gasteiger partial charge in [0.15, 0.2) is 0 Å². The average Bonchev–Trinajstić information content (AvgIpc) is 2.27. The standard InChI is InChI=1S/C12H24N2O2/c1-3-6-13-7-9-14(10-8-13)11(2)4-5-12(15)16/h11H,3-10H2,1-2H3,(H,15,16). The van der Waals surface area contributed by atoms with Gasteiger partial charge in [-0.05, 0) is 26.3 Å². The first-order valence-corrected chi connectivity index (χ1v) is 6.31. The second kappa shape index (κ2) is 6.86. The fourth-order valence-electron chi connectivity index (χ4n) is 2.26. The van der Waals surface area contributed by atoms with E-state index in [1.54, 1.807) is 0 Å². The van der Waals surface area contributed by atoms with Gasteiger partial charge in [0.05, 0.1) is 0 Å². The van der Waals surface area contributed by atoms with Crippen LogP contribution in [0, 0.1) is 0 Å². The molecule has 0 aromatic rings. The number of piperazine rings is 1. The molecule has 4 heteroatoms. The molecule has 4 nitrogen and oxygen atoms in total. The summed E-state index contributed by atoms with van der Waals surface area (Å²) < 4.78 is 0. The van der Waals surface area contributed by atoms with E-state index in [-0.39, 0.29) is 6.42 Å². The van der Waals surface area contributed by atoms with E-state index in [9.17, 15) is 4.79 Å². The number of carboxylic acid groups (broad SMARTS) is 1. The molecule has 1 fully saturated rings. The Hall–Kier alpha value is -0.610. The van der Waals surface area contributed by atoms with Gasteiger partial charge in [0, 0.05) is 38.6 Å². The Bertz CT molecular complexity index is 213. The molecule has 1 aliphatic heterocycles. The lowest BCUT2D eigenvalue weighted by Crippen LogP contribution is -2.49. The summed E-state index contributed by atoms with van der Waals surface area (Å²) >= 11 is 0. The minimum Gasteiger partial charge on any atom is -0.481 e. The van der Waals surface area contributed by atoms with Crippen molar-refractivity contribution < 1.29 is 9.90 Å². The second-order valence-electron chi connectivity index (χ2n) is 4.66. The van der Waals surface area contributed by atoms with Gasteiger partial charge in [-0.25, -0.2) is 0 Å². The number of aliphatic carboxylic acids is 1. The maximum absolute atomic E-state index is 10.5. The van der Waals surface area contributed by atoms with E-state index in [2.05, 4.69) is 23.6 Å². The van der Waals surface area contributed by atoms with Crippen LogP contribution in [0.2, 0.25) is 0 Å². The number of carboxylic acids is 1. The molecule has 1 N–H and O–H groups in total. The normalized spacial score (nSPS) is 20.9. The zero-order chi connectivity index (χ0) is 12.0. The summed E-state index contributed by atoms with van der Waals surface area (Å²) in [7, 11) is 0. The number of hydrogen-bond acceptors (Lipinski definition) is 3. The van der Waals surface area contributed by atoms with Crippen LogP contribution >= 0.6 is 0 Å². The van der Waals surface area contributed by atoms with Crippen molar-refractivity contribution in [2.75, 3.05) is 32.7 Å². The van der Waals surface area contributed by atoms with Gasteiger partial charge in [-0.2, -0.15) is 0 Å². The predicted molar refractivity (Wildman–Crippen MR) is 64.6 cm³/mol. The van der Waals surface area contributed by atoms with Crippen molar-refractivity contribution in [1.29, 1.82) is 0 Å². The molecule has 1 rings (SSSR count). The fraction of sp³-hybridized carbons (Fsp3) is 0.917. The zero-order valence-corrected chi connectivity index (χ0v) is 10.5. The number of rotatable bonds is 6. The molecular weight excluding hydrogens is 204 g/mol. The van der Waals surface area contributed by atoms with E-state index in [1.807, 2.05) is 0 Å². The Labute approximate surface area is 98.2 Å². The van der Waals surface area contributed by atoms with Gasteiger partial charge >= 0.3 is 5.97 Å². The van der Waals surface area contributed by atoms with Crippen LogP contribution in [0.3, 0.4) is 0 Å². The summed E-state index contributed by atoms with van der Waals surface area (Å²) in [5, 5.41) is 8.65. The SMILES string of the molecule is CCCN1CCN(C(C)CCC(=O)O)CC1. The van der Waals surface area contributed by atoms with E-state index in [1.165, 1.54) is 13.0 Å². The van der Waals surface area contributed by atoms with Crippen LogP contribution < -0.4 is 0 Å². The highest BCUT2D eigenvalue weighted by Gasteiger charge is 2.20. The largest absolute Gasteiger partial charge is 0.481 e. The van der Waals surface area contributed by atoms with Gasteiger partial charge in [0.25, 0.3) is 0 Å². The maximum atomic E-state index is 10.5. The van der Waals surface area contributed by atoms with Crippen LogP contribution in [0.15, 0.2) is 0 Å². The van der Waals surface area contributed by atoms with Crippen LogP contribution in [0.25, 0.3) is 0 Å². The van der Waals surface area contributed by atoms with Gasteiger partial charge in [0.1, 0.15) is 0 Å². The van der Waals surface area contributed by atoms with Crippen molar-refractivity contribution in [2.45, 2.75) is 39.2 Å². The highest BCUT2D eigenvalue weighted by molar-refractivity contribution is 5.66. The van der Waals surface area contributed by atoms with Crippen LogP contribution in [-0.4, -0.2) is 59.6 Å². The quantitative estimate of drug-likeness (QED) is 0.743. The molecule has 0 saturated carbocycles. The first-order chi connectivity index (χ1) is 7.63. The molecule has 0 spiro atoms. The Morgan fingerprint density at radius 2 is 1.94 bits per heavy atom. The fourth-order valence-corrected chi connectivity index (χ4v) is 2.26. The number of carbonyl (C=O) groups is 1. The molecule has 0 aromatic heterocycles. The Morgan fingerprint density at radius 1 is 1.31 bits per heavy atom. The molecule has 16 heavy (non-hydrogen) atoms.